The summed E-state index contributed by atoms with van der Waals surface area (Å²) in [7, 11) is 0. The lowest BCUT2D eigenvalue weighted by Gasteiger charge is -2.19. The number of hydrogen-bond acceptors (Lipinski definition) is 3. The molecule has 1 aromatic carbocycles. The predicted molar refractivity (Wildman–Crippen MR) is 66.1 cm³/mol. The highest BCUT2D eigenvalue weighted by Gasteiger charge is 2.19. The van der Waals surface area contributed by atoms with Crippen molar-refractivity contribution in [1.29, 1.82) is 0 Å². The summed E-state index contributed by atoms with van der Waals surface area (Å²) in [5.41, 5.74) is 2.11. The molecule has 0 N–H and O–H groups in total. The Bertz CT molecular complexity index is 564. The smallest absolute Gasteiger partial charge is 0.420 e. The Morgan fingerprint density at radius 2 is 2.06 bits per heavy atom. The Morgan fingerprint density at radius 3 is 2.71 bits per heavy atom. The number of fused-ring (bicyclic) bond motifs is 1. The number of carbonyl (C=O) groups is 1. The van der Waals surface area contributed by atoms with E-state index in [1.807, 2.05) is 45.9 Å². The van der Waals surface area contributed by atoms with Crippen molar-refractivity contribution in [3.63, 3.8) is 0 Å². The maximum absolute atomic E-state index is 12.0. The van der Waals surface area contributed by atoms with E-state index in [1.165, 1.54) is 10.9 Å². The Morgan fingerprint density at radius 1 is 1.35 bits per heavy atom. The van der Waals surface area contributed by atoms with Gasteiger partial charge < -0.3 is 4.74 Å². The molecule has 0 aliphatic carbocycles. The minimum Gasteiger partial charge on any atom is -0.443 e. The quantitative estimate of drug-likeness (QED) is 0.701. The number of aromatic nitrogens is 2. The van der Waals surface area contributed by atoms with Crippen LogP contribution in [-0.4, -0.2) is 21.2 Å². The number of carbonyl (C=O) groups excluding carboxylic acids is 1. The van der Waals surface area contributed by atoms with Crippen LogP contribution in [0.2, 0.25) is 0 Å². The van der Waals surface area contributed by atoms with E-state index in [9.17, 15) is 4.79 Å². The number of rotatable bonds is 0. The first-order valence-electron chi connectivity index (χ1n) is 5.54. The molecule has 2 aromatic rings. The number of ether oxygens (including phenoxy) is 1. The zero-order valence-electron chi connectivity index (χ0n) is 10.5. The first-order chi connectivity index (χ1) is 7.88. The van der Waals surface area contributed by atoms with Gasteiger partial charge in [0.2, 0.25) is 0 Å². The van der Waals surface area contributed by atoms with E-state index in [0.29, 0.717) is 0 Å². The van der Waals surface area contributed by atoms with Crippen LogP contribution in [0.4, 0.5) is 4.79 Å². The number of benzene rings is 1. The molecule has 4 heteroatoms. The van der Waals surface area contributed by atoms with Gasteiger partial charge in [-0.2, -0.15) is 0 Å². The average Bonchev–Trinajstić information content (AvgIpc) is 2.60. The van der Waals surface area contributed by atoms with Crippen LogP contribution in [-0.2, 0) is 4.74 Å². The van der Waals surface area contributed by atoms with E-state index in [4.69, 9.17) is 4.74 Å². The zero-order chi connectivity index (χ0) is 12.6. The standard InChI is InChI=1S/C13H16N2O2/c1-9-6-5-7-10-11(9)15(8-14-10)12(16)17-13(2,3)4/h5-8H,1-4H3. The molecule has 0 aliphatic heterocycles. The van der Waals surface area contributed by atoms with Crippen molar-refractivity contribution in [2.75, 3.05) is 0 Å². The van der Waals surface area contributed by atoms with Gasteiger partial charge in [0.15, 0.2) is 0 Å². The molecule has 0 saturated carbocycles. The lowest BCUT2D eigenvalue weighted by Crippen LogP contribution is -2.26. The molecular formula is C13H16N2O2. The number of imidazole rings is 1. The van der Waals surface area contributed by atoms with Crippen LogP contribution in [0.5, 0.6) is 0 Å². The van der Waals surface area contributed by atoms with Crippen molar-refractivity contribution in [2.45, 2.75) is 33.3 Å². The third-order valence-corrected chi connectivity index (χ3v) is 2.36. The second-order valence-electron chi connectivity index (χ2n) is 5.04. The predicted octanol–water partition coefficient (Wildman–Crippen LogP) is 3.13. The van der Waals surface area contributed by atoms with Gasteiger partial charge in [-0.15, -0.1) is 0 Å². The summed E-state index contributed by atoms with van der Waals surface area (Å²) in [5.74, 6) is 0. The second-order valence-corrected chi connectivity index (χ2v) is 5.04. The average molecular weight is 232 g/mol. The Kier molecular flexibility index (Phi) is 2.65. The molecule has 0 saturated heterocycles. The fourth-order valence-electron chi connectivity index (χ4n) is 1.69. The van der Waals surface area contributed by atoms with Crippen LogP contribution in [0.1, 0.15) is 26.3 Å². The second kappa shape index (κ2) is 3.87. The molecule has 0 radical (unpaired) electrons. The molecule has 1 heterocycles. The van der Waals surface area contributed by atoms with Gasteiger partial charge in [-0.1, -0.05) is 12.1 Å². The van der Waals surface area contributed by atoms with Crippen LogP contribution in [0.25, 0.3) is 11.0 Å². The Hall–Kier alpha value is -1.84. The summed E-state index contributed by atoms with van der Waals surface area (Å²) in [6.45, 7) is 7.48. The SMILES string of the molecule is Cc1cccc2ncn(C(=O)OC(C)(C)C)c12. The lowest BCUT2D eigenvalue weighted by molar-refractivity contribution is 0.0543. The molecule has 0 fully saturated rings. The number of aryl methyl sites for hydroxylation is 1. The van der Waals surface area contributed by atoms with Crippen molar-refractivity contribution < 1.29 is 9.53 Å². The van der Waals surface area contributed by atoms with Crippen molar-refractivity contribution >= 4 is 17.1 Å². The van der Waals surface area contributed by atoms with Gasteiger partial charge in [-0.25, -0.2) is 14.3 Å². The van der Waals surface area contributed by atoms with Gasteiger partial charge >= 0.3 is 6.09 Å². The van der Waals surface area contributed by atoms with Gasteiger partial charge in [0.25, 0.3) is 0 Å². The minimum atomic E-state index is -0.504. The molecule has 0 spiro atoms. The monoisotopic (exact) mass is 232 g/mol. The molecule has 90 valence electrons. The van der Waals surface area contributed by atoms with Crippen molar-refractivity contribution in [1.82, 2.24) is 9.55 Å². The van der Waals surface area contributed by atoms with Gasteiger partial charge in [0.1, 0.15) is 11.9 Å². The van der Waals surface area contributed by atoms with Crippen molar-refractivity contribution in [2.24, 2.45) is 0 Å². The molecule has 4 nitrogen and oxygen atoms in total. The topological polar surface area (TPSA) is 44.1 Å². The molecule has 0 atom stereocenters. The van der Waals surface area contributed by atoms with E-state index in [-0.39, 0.29) is 0 Å². The molecule has 2 rings (SSSR count). The van der Waals surface area contributed by atoms with Crippen LogP contribution in [0.15, 0.2) is 24.5 Å². The van der Waals surface area contributed by atoms with E-state index in [1.54, 1.807) is 0 Å². The first kappa shape index (κ1) is 11.6. The summed E-state index contributed by atoms with van der Waals surface area (Å²) in [4.78, 5) is 16.2. The third kappa shape index (κ3) is 2.30. The summed E-state index contributed by atoms with van der Waals surface area (Å²) in [5, 5.41) is 0. The van der Waals surface area contributed by atoms with Crippen molar-refractivity contribution in [3.8, 4) is 0 Å². The molecule has 17 heavy (non-hydrogen) atoms. The fraction of sp³-hybridized carbons (Fsp3) is 0.385. The maximum atomic E-state index is 12.0. The van der Waals surface area contributed by atoms with Crippen LogP contribution in [0, 0.1) is 6.92 Å². The van der Waals surface area contributed by atoms with Gasteiger partial charge in [0.05, 0.1) is 11.0 Å². The molecule has 0 bridgehead atoms. The van der Waals surface area contributed by atoms with Crippen molar-refractivity contribution in [3.05, 3.63) is 30.1 Å². The van der Waals surface area contributed by atoms with E-state index in [2.05, 4.69) is 4.98 Å². The van der Waals surface area contributed by atoms with Gasteiger partial charge in [0, 0.05) is 0 Å². The lowest BCUT2D eigenvalue weighted by atomic mass is 10.2. The van der Waals surface area contributed by atoms with Gasteiger partial charge in [-0.05, 0) is 39.3 Å². The number of nitrogens with zero attached hydrogens (tertiary/aromatic N) is 2. The van der Waals surface area contributed by atoms with Crippen LogP contribution in [0.3, 0.4) is 0 Å². The molecule has 1 aromatic heterocycles. The molecule has 0 amide bonds. The minimum absolute atomic E-state index is 0.394. The highest BCUT2D eigenvalue weighted by atomic mass is 16.6. The summed E-state index contributed by atoms with van der Waals surface area (Å²) >= 11 is 0. The largest absolute Gasteiger partial charge is 0.443 e. The molecule has 0 aliphatic rings. The van der Waals surface area contributed by atoms with E-state index < -0.39 is 11.7 Å². The zero-order valence-corrected chi connectivity index (χ0v) is 10.5. The van der Waals surface area contributed by atoms with E-state index >= 15 is 0 Å². The van der Waals surface area contributed by atoms with Crippen LogP contribution >= 0.6 is 0 Å². The summed E-state index contributed by atoms with van der Waals surface area (Å²) < 4.78 is 6.78. The number of hydrogen-bond donors (Lipinski definition) is 0. The first-order valence-corrected chi connectivity index (χ1v) is 5.54. The highest BCUT2D eigenvalue weighted by molar-refractivity contribution is 5.88. The fourth-order valence-corrected chi connectivity index (χ4v) is 1.69. The maximum Gasteiger partial charge on any atom is 0.420 e. The summed E-state index contributed by atoms with van der Waals surface area (Å²) in [6, 6.07) is 5.75. The Labute approximate surface area is 100 Å². The van der Waals surface area contributed by atoms with E-state index in [0.717, 1.165) is 16.6 Å². The van der Waals surface area contributed by atoms with Crippen LogP contribution < -0.4 is 0 Å². The molecule has 0 unspecified atom stereocenters. The molecular weight excluding hydrogens is 216 g/mol. The van der Waals surface area contributed by atoms with Gasteiger partial charge in [-0.3, -0.25) is 0 Å². The summed E-state index contributed by atoms with van der Waals surface area (Å²) in [6.07, 6.45) is 1.11. The third-order valence-electron chi connectivity index (χ3n) is 2.36. The Balaban J connectivity index is 2.46. The highest BCUT2D eigenvalue weighted by Crippen LogP contribution is 2.18. The number of para-hydroxylation sites is 1. The normalized spacial score (nSPS) is 11.8.